The van der Waals surface area contributed by atoms with Gasteiger partial charge in [-0.3, -0.25) is 0 Å². The van der Waals surface area contributed by atoms with E-state index in [2.05, 4.69) is 26.8 Å². The van der Waals surface area contributed by atoms with Crippen LogP contribution in [0.3, 0.4) is 0 Å². The van der Waals surface area contributed by atoms with Gasteiger partial charge < -0.3 is 0 Å². The fourth-order valence-electron chi connectivity index (χ4n) is 2.30. The highest BCUT2D eigenvalue weighted by Crippen LogP contribution is 2.35. The quantitative estimate of drug-likeness (QED) is 0.633. The van der Waals surface area contributed by atoms with Crippen LogP contribution in [0.15, 0.2) is 0 Å². The first-order valence-electron chi connectivity index (χ1n) is 5.45. The molecule has 0 saturated heterocycles. The van der Waals surface area contributed by atoms with Gasteiger partial charge in [-0.05, 0) is 32.1 Å². The first kappa shape index (κ1) is 10.6. The van der Waals surface area contributed by atoms with Gasteiger partial charge in [0.1, 0.15) is 0 Å². The Hall–Kier alpha value is -0.510. The van der Waals surface area contributed by atoms with Crippen molar-refractivity contribution in [3.8, 4) is 6.07 Å². The number of nitrogens with zero attached hydrogens (tertiary/aromatic N) is 1. The molecule has 0 aromatic carbocycles. The maximum Gasteiger partial charge on any atom is 0.0684 e. The molecule has 0 N–H and O–H groups in total. The summed E-state index contributed by atoms with van der Waals surface area (Å²) in [6, 6.07) is 2.40. The molecule has 1 saturated carbocycles. The lowest BCUT2D eigenvalue weighted by molar-refractivity contribution is 0.232. The molecule has 1 fully saturated rings. The molecule has 0 bridgehead atoms. The summed E-state index contributed by atoms with van der Waals surface area (Å²) in [6.45, 7) is 6.46. The van der Waals surface area contributed by atoms with Crippen LogP contribution in [0.5, 0.6) is 0 Å². The van der Waals surface area contributed by atoms with Gasteiger partial charge in [0.2, 0.25) is 0 Å². The summed E-state index contributed by atoms with van der Waals surface area (Å²) >= 11 is 0. The van der Waals surface area contributed by atoms with Crippen molar-refractivity contribution in [2.24, 2.45) is 17.3 Å². The molecular formula is C12H21N. The van der Waals surface area contributed by atoms with E-state index < -0.39 is 0 Å². The number of nitriles is 1. The maximum atomic E-state index is 8.93. The maximum absolute atomic E-state index is 8.93. The summed E-state index contributed by atoms with van der Waals surface area (Å²) < 4.78 is 0. The Bertz CT molecular complexity index is 192. The molecule has 0 heterocycles. The molecule has 0 aromatic rings. The number of hydrogen-bond donors (Lipinski definition) is 0. The van der Waals surface area contributed by atoms with Crippen molar-refractivity contribution in [2.75, 3.05) is 0 Å². The van der Waals surface area contributed by atoms with Gasteiger partial charge in [-0.2, -0.15) is 5.26 Å². The third kappa shape index (κ3) is 3.38. The summed E-state index contributed by atoms with van der Waals surface area (Å²) in [6.07, 6.45) is 6.51. The minimum atomic E-state index is -0.106. The lowest BCUT2D eigenvalue weighted by Gasteiger charge is -2.29. The fourth-order valence-corrected chi connectivity index (χ4v) is 2.30. The molecule has 1 aliphatic carbocycles. The molecule has 1 rings (SSSR count). The van der Waals surface area contributed by atoms with E-state index in [0.717, 1.165) is 18.3 Å². The molecule has 13 heavy (non-hydrogen) atoms. The Balaban J connectivity index is 2.35. The van der Waals surface area contributed by atoms with Crippen molar-refractivity contribution in [3.05, 3.63) is 0 Å². The Morgan fingerprint density at radius 3 is 2.23 bits per heavy atom. The lowest BCUT2D eigenvalue weighted by Crippen LogP contribution is -2.19. The average Bonchev–Trinajstić information content (AvgIpc) is 2.09. The molecule has 1 aliphatic rings. The van der Waals surface area contributed by atoms with Crippen LogP contribution in [0.1, 0.15) is 52.9 Å². The van der Waals surface area contributed by atoms with Crippen molar-refractivity contribution in [1.29, 1.82) is 5.26 Å². The van der Waals surface area contributed by atoms with Crippen LogP contribution >= 0.6 is 0 Å². The summed E-state index contributed by atoms with van der Waals surface area (Å²) in [7, 11) is 0. The van der Waals surface area contributed by atoms with Crippen molar-refractivity contribution in [3.63, 3.8) is 0 Å². The van der Waals surface area contributed by atoms with E-state index in [1.165, 1.54) is 25.7 Å². The Labute approximate surface area is 82.1 Å². The van der Waals surface area contributed by atoms with Crippen molar-refractivity contribution in [2.45, 2.75) is 52.9 Å². The minimum Gasteiger partial charge on any atom is -0.198 e. The standard InChI is InChI=1S/C12H21N/c1-10-4-6-11(7-5-10)8-12(2,3)9-13/h10-11H,4-8H2,1-3H3. The summed E-state index contributed by atoms with van der Waals surface area (Å²) in [5.41, 5.74) is -0.106. The van der Waals surface area contributed by atoms with Gasteiger partial charge >= 0.3 is 0 Å². The first-order chi connectivity index (χ1) is 6.03. The largest absolute Gasteiger partial charge is 0.198 e. The smallest absolute Gasteiger partial charge is 0.0684 e. The van der Waals surface area contributed by atoms with E-state index in [1.807, 2.05) is 0 Å². The van der Waals surface area contributed by atoms with Gasteiger partial charge in [0.15, 0.2) is 0 Å². The topological polar surface area (TPSA) is 23.8 Å². The van der Waals surface area contributed by atoms with Crippen molar-refractivity contribution >= 4 is 0 Å². The second kappa shape index (κ2) is 4.13. The average molecular weight is 179 g/mol. The van der Waals surface area contributed by atoms with E-state index >= 15 is 0 Å². The molecular weight excluding hydrogens is 158 g/mol. The van der Waals surface area contributed by atoms with Gasteiger partial charge in [-0.15, -0.1) is 0 Å². The van der Waals surface area contributed by atoms with E-state index in [1.54, 1.807) is 0 Å². The zero-order chi connectivity index (χ0) is 9.90. The highest BCUT2D eigenvalue weighted by Gasteiger charge is 2.25. The van der Waals surface area contributed by atoms with Crippen LogP contribution in [0, 0.1) is 28.6 Å². The summed E-state index contributed by atoms with van der Waals surface area (Å²) in [4.78, 5) is 0. The van der Waals surface area contributed by atoms with Gasteiger partial charge in [-0.25, -0.2) is 0 Å². The molecule has 0 aliphatic heterocycles. The monoisotopic (exact) mass is 179 g/mol. The molecule has 0 unspecified atom stereocenters. The molecule has 0 atom stereocenters. The van der Waals surface area contributed by atoms with Crippen LogP contribution in [-0.2, 0) is 0 Å². The Kier molecular flexibility index (Phi) is 3.36. The lowest BCUT2D eigenvalue weighted by atomic mass is 9.75. The number of rotatable bonds is 2. The fraction of sp³-hybridized carbons (Fsp3) is 0.917. The second-order valence-electron chi connectivity index (χ2n) is 5.33. The molecule has 1 heteroatoms. The third-order valence-electron chi connectivity index (χ3n) is 3.24. The van der Waals surface area contributed by atoms with E-state index in [-0.39, 0.29) is 5.41 Å². The van der Waals surface area contributed by atoms with Gasteiger partial charge in [0.25, 0.3) is 0 Å². The molecule has 74 valence electrons. The molecule has 0 radical (unpaired) electrons. The normalized spacial score (nSPS) is 29.7. The van der Waals surface area contributed by atoms with Crippen molar-refractivity contribution in [1.82, 2.24) is 0 Å². The SMILES string of the molecule is CC1CCC(CC(C)(C)C#N)CC1. The zero-order valence-corrected chi connectivity index (χ0v) is 9.14. The summed E-state index contributed by atoms with van der Waals surface area (Å²) in [5, 5.41) is 8.93. The summed E-state index contributed by atoms with van der Waals surface area (Å²) in [5.74, 6) is 1.73. The van der Waals surface area contributed by atoms with Crippen LogP contribution in [0.25, 0.3) is 0 Å². The third-order valence-corrected chi connectivity index (χ3v) is 3.24. The minimum absolute atomic E-state index is 0.106. The van der Waals surface area contributed by atoms with Gasteiger partial charge in [0.05, 0.1) is 11.5 Å². The van der Waals surface area contributed by atoms with E-state index in [9.17, 15) is 0 Å². The van der Waals surface area contributed by atoms with E-state index in [0.29, 0.717) is 0 Å². The van der Waals surface area contributed by atoms with E-state index in [4.69, 9.17) is 5.26 Å². The molecule has 0 spiro atoms. The highest BCUT2D eigenvalue weighted by molar-refractivity contribution is 4.93. The van der Waals surface area contributed by atoms with Crippen LogP contribution < -0.4 is 0 Å². The second-order valence-corrected chi connectivity index (χ2v) is 5.33. The Morgan fingerprint density at radius 2 is 1.77 bits per heavy atom. The van der Waals surface area contributed by atoms with Crippen LogP contribution in [0.2, 0.25) is 0 Å². The van der Waals surface area contributed by atoms with Gasteiger partial charge in [0, 0.05) is 0 Å². The Morgan fingerprint density at radius 1 is 1.23 bits per heavy atom. The van der Waals surface area contributed by atoms with Crippen LogP contribution in [-0.4, -0.2) is 0 Å². The zero-order valence-electron chi connectivity index (χ0n) is 9.14. The van der Waals surface area contributed by atoms with Gasteiger partial charge in [-0.1, -0.05) is 32.6 Å². The molecule has 0 amide bonds. The number of hydrogen-bond acceptors (Lipinski definition) is 1. The molecule has 1 nitrogen and oxygen atoms in total. The highest BCUT2D eigenvalue weighted by atomic mass is 14.4. The van der Waals surface area contributed by atoms with Crippen LogP contribution in [0.4, 0.5) is 0 Å². The predicted octanol–water partition coefficient (Wildman–Crippen LogP) is 3.75. The van der Waals surface area contributed by atoms with Crippen molar-refractivity contribution < 1.29 is 0 Å². The first-order valence-corrected chi connectivity index (χ1v) is 5.45. The molecule has 0 aromatic heterocycles. The predicted molar refractivity (Wildman–Crippen MR) is 55.1 cm³/mol.